The molecule has 14 heavy (non-hydrogen) atoms. The van der Waals surface area contributed by atoms with Crippen LogP contribution in [0.1, 0.15) is 19.4 Å². The Morgan fingerprint density at radius 1 is 1.43 bits per heavy atom. The van der Waals surface area contributed by atoms with Crippen molar-refractivity contribution in [3.8, 4) is 0 Å². The maximum absolute atomic E-state index is 13.3. The van der Waals surface area contributed by atoms with Gasteiger partial charge in [-0.1, -0.05) is 29.8 Å². The SMILES string of the molecule is CC(C)C(N)Cc1cc(Br)ccc1F. The maximum Gasteiger partial charge on any atom is 0.126 e. The predicted octanol–water partition coefficient (Wildman–Crippen LogP) is 3.11. The second kappa shape index (κ2) is 4.89. The highest BCUT2D eigenvalue weighted by atomic mass is 79.9. The summed E-state index contributed by atoms with van der Waals surface area (Å²) in [6, 6.07) is 4.96. The van der Waals surface area contributed by atoms with Crippen LogP contribution < -0.4 is 5.73 Å². The zero-order valence-electron chi connectivity index (χ0n) is 8.43. The summed E-state index contributed by atoms with van der Waals surface area (Å²) in [5.41, 5.74) is 6.57. The standard InChI is InChI=1S/C11H15BrFN/c1-7(2)11(14)6-8-5-9(12)3-4-10(8)13/h3-5,7,11H,6,14H2,1-2H3. The minimum atomic E-state index is -0.177. The molecule has 0 aromatic heterocycles. The number of halogens is 2. The first kappa shape index (κ1) is 11.7. The van der Waals surface area contributed by atoms with Crippen molar-refractivity contribution in [1.82, 2.24) is 0 Å². The molecule has 78 valence electrons. The molecule has 2 N–H and O–H groups in total. The van der Waals surface area contributed by atoms with Crippen LogP contribution in [0.3, 0.4) is 0 Å². The Balaban J connectivity index is 2.80. The van der Waals surface area contributed by atoms with E-state index in [1.54, 1.807) is 12.1 Å². The molecule has 0 aliphatic carbocycles. The number of nitrogens with two attached hydrogens (primary N) is 1. The van der Waals surface area contributed by atoms with Gasteiger partial charge in [-0.15, -0.1) is 0 Å². The molecule has 0 spiro atoms. The van der Waals surface area contributed by atoms with E-state index in [0.717, 1.165) is 4.47 Å². The van der Waals surface area contributed by atoms with Crippen LogP contribution in [-0.2, 0) is 6.42 Å². The highest BCUT2D eigenvalue weighted by Crippen LogP contribution is 2.18. The van der Waals surface area contributed by atoms with Crippen molar-refractivity contribution in [3.05, 3.63) is 34.1 Å². The van der Waals surface area contributed by atoms with Gasteiger partial charge in [0.25, 0.3) is 0 Å². The molecule has 0 aliphatic heterocycles. The number of hydrogen-bond acceptors (Lipinski definition) is 1. The minimum Gasteiger partial charge on any atom is -0.327 e. The predicted molar refractivity (Wildman–Crippen MR) is 60.6 cm³/mol. The van der Waals surface area contributed by atoms with Crippen LogP contribution in [0.2, 0.25) is 0 Å². The van der Waals surface area contributed by atoms with Crippen molar-refractivity contribution in [1.29, 1.82) is 0 Å². The molecule has 0 radical (unpaired) electrons. The van der Waals surface area contributed by atoms with E-state index in [9.17, 15) is 4.39 Å². The summed E-state index contributed by atoms with van der Waals surface area (Å²) in [7, 11) is 0. The maximum atomic E-state index is 13.3. The molecule has 0 aliphatic rings. The van der Waals surface area contributed by atoms with Crippen LogP contribution in [0.4, 0.5) is 4.39 Å². The van der Waals surface area contributed by atoms with Crippen molar-refractivity contribution >= 4 is 15.9 Å². The first-order valence-electron chi connectivity index (χ1n) is 4.70. The van der Waals surface area contributed by atoms with Crippen LogP contribution in [0.15, 0.2) is 22.7 Å². The summed E-state index contributed by atoms with van der Waals surface area (Å²) < 4.78 is 14.2. The molecular weight excluding hydrogens is 245 g/mol. The zero-order valence-corrected chi connectivity index (χ0v) is 10.0. The van der Waals surface area contributed by atoms with Crippen molar-refractivity contribution < 1.29 is 4.39 Å². The molecule has 0 heterocycles. The fourth-order valence-corrected chi connectivity index (χ4v) is 1.60. The van der Waals surface area contributed by atoms with Gasteiger partial charge in [0.05, 0.1) is 0 Å². The van der Waals surface area contributed by atoms with E-state index in [1.807, 2.05) is 13.8 Å². The highest BCUT2D eigenvalue weighted by molar-refractivity contribution is 9.10. The van der Waals surface area contributed by atoms with E-state index in [2.05, 4.69) is 15.9 Å². The lowest BCUT2D eigenvalue weighted by molar-refractivity contribution is 0.479. The van der Waals surface area contributed by atoms with Crippen molar-refractivity contribution in [2.75, 3.05) is 0 Å². The number of rotatable bonds is 3. The number of benzene rings is 1. The molecule has 0 saturated heterocycles. The van der Waals surface area contributed by atoms with E-state index >= 15 is 0 Å². The monoisotopic (exact) mass is 259 g/mol. The Morgan fingerprint density at radius 2 is 2.07 bits per heavy atom. The molecule has 1 nitrogen and oxygen atoms in total. The van der Waals surface area contributed by atoms with E-state index in [0.29, 0.717) is 17.9 Å². The largest absolute Gasteiger partial charge is 0.327 e. The average molecular weight is 260 g/mol. The van der Waals surface area contributed by atoms with Crippen LogP contribution in [-0.4, -0.2) is 6.04 Å². The summed E-state index contributed by atoms with van der Waals surface area (Å²) in [4.78, 5) is 0. The Bertz CT molecular complexity index is 312. The lowest BCUT2D eigenvalue weighted by Crippen LogP contribution is -2.29. The molecule has 1 unspecified atom stereocenters. The average Bonchev–Trinajstić information content (AvgIpc) is 2.11. The van der Waals surface area contributed by atoms with Gasteiger partial charge < -0.3 is 5.73 Å². The van der Waals surface area contributed by atoms with E-state index < -0.39 is 0 Å². The highest BCUT2D eigenvalue weighted by Gasteiger charge is 2.11. The Labute approximate surface area is 92.6 Å². The first-order chi connectivity index (χ1) is 6.50. The van der Waals surface area contributed by atoms with Gasteiger partial charge >= 0.3 is 0 Å². The van der Waals surface area contributed by atoms with Crippen molar-refractivity contribution in [3.63, 3.8) is 0 Å². The molecule has 0 bridgehead atoms. The third-order valence-corrected chi connectivity index (χ3v) is 2.81. The van der Waals surface area contributed by atoms with Crippen molar-refractivity contribution in [2.45, 2.75) is 26.3 Å². The van der Waals surface area contributed by atoms with Gasteiger partial charge in [0.1, 0.15) is 5.82 Å². The van der Waals surface area contributed by atoms with Gasteiger partial charge in [0.2, 0.25) is 0 Å². The summed E-state index contributed by atoms with van der Waals surface area (Å²) in [5.74, 6) is 0.192. The van der Waals surface area contributed by atoms with Gasteiger partial charge in [-0.05, 0) is 36.1 Å². The number of hydrogen-bond donors (Lipinski definition) is 1. The molecular formula is C11H15BrFN. The lowest BCUT2D eigenvalue weighted by atomic mass is 9.97. The fourth-order valence-electron chi connectivity index (χ4n) is 1.19. The third kappa shape index (κ3) is 3.07. The molecule has 1 aromatic rings. The van der Waals surface area contributed by atoms with Gasteiger partial charge in [0.15, 0.2) is 0 Å². The van der Waals surface area contributed by atoms with Crippen molar-refractivity contribution in [2.24, 2.45) is 11.7 Å². The van der Waals surface area contributed by atoms with Crippen LogP contribution in [0.25, 0.3) is 0 Å². The Hall–Kier alpha value is -0.410. The molecule has 1 atom stereocenters. The smallest absolute Gasteiger partial charge is 0.126 e. The second-order valence-electron chi connectivity index (χ2n) is 3.85. The summed E-state index contributed by atoms with van der Waals surface area (Å²) >= 11 is 3.32. The molecule has 0 fully saturated rings. The molecule has 0 saturated carbocycles. The van der Waals surface area contributed by atoms with Crippen LogP contribution >= 0.6 is 15.9 Å². The fraction of sp³-hybridized carbons (Fsp3) is 0.455. The molecule has 1 rings (SSSR count). The van der Waals surface area contributed by atoms with E-state index in [-0.39, 0.29) is 11.9 Å². The topological polar surface area (TPSA) is 26.0 Å². The van der Waals surface area contributed by atoms with E-state index in [1.165, 1.54) is 6.07 Å². The quantitative estimate of drug-likeness (QED) is 0.887. The minimum absolute atomic E-state index is 0.0128. The first-order valence-corrected chi connectivity index (χ1v) is 5.49. The van der Waals surface area contributed by atoms with Gasteiger partial charge in [0, 0.05) is 10.5 Å². The Morgan fingerprint density at radius 3 is 2.64 bits per heavy atom. The molecule has 1 aromatic carbocycles. The Kier molecular flexibility index (Phi) is 4.08. The summed E-state index contributed by atoms with van der Waals surface area (Å²) in [5, 5.41) is 0. The molecule has 0 amide bonds. The third-order valence-electron chi connectivity index (χ3n) is 2.32. The lowest BCUT2D eigenvalue weighted by Gasteiger charge is -2.15. The summed E-state index contributed by atoms with van der Waals surface area (Å²) in [6.45, 7) is 4.08. The van der Waals surface area contributed by atoms with E-state index in [4.69, 9.17) is 5.73 Å². The van der Waals surface area contributed by atoms with Gasteiger partial charge in [-0.2, -0.15) is 0 Å². The van der Waals surface area contributed by atoms with Gasteiger partial charge in [-0.3, -0.25) is 0 Å². The normalized spacial score (nSPS) is 13.3. The van der Waals surface area contributed by atoms with Crippen LogP contribution in [0.5, 0.6) is 0 Å². The summed E-state index contributed by atoms with van der Waals surface area (Å²) in [6.07, 6.45) is 0.586. The zero-order chi connectivity index (χ0) is 10.7. The second-order valence-corrected chi connectivity index (χ2v) is 4.76. The van der Waals surface area contributed by atoms with Gasteiger partial charge in [-0.25, -0.2) is 4.39 Å². The van der Waals surface area contributed by atoms with Crippen LogP contribution in [0, 0.1) is 11.7 Å². The molecule has 3 heteroatoms.